The van der Waals surface area contributed by atoms with Gasteiger partial charge >= 0.3 is 5.97 Å². The lowest BCUT2D eigenvalue weighted by atomic mass is 9.78. The van der Waals surface area contributed by atoms with Gasteiger partial charge in [0, 0.05) is 13.1 Å². The van der Waals surface area contributed by atoms with Gasteiger partial charge in [-0.05, 0) is 74.0 Å². The van der Waals surface area contributed by atoms with E-state index in [2.05, 4.69) is 53.4 Å². The van der Waals surface area contributed by atoms with E-state index in [9.17, 15) is 14.7 Å². The molecule has 1 aromatic rings. The number of hydrogen-bond donors (Lipinski definition) is 1. The van der Waals surface area contributed by atoms with Crippen LogP contribution in [0.3, 0.4) is 0 Å². The number of aromatic carboxylic acids is 1. The second kappa shape index (κ2) is 11.4. The number of carboxylic acids is 1. The van der Waals surface area contributed by atoms with Gasteiger partial charge in [-0.1, -0.05) is 66.5 Å². The lowest BCUT2D eigenvalue weighted by Crippen LogP contribution is -2.49. The summed E-state index contributed by atoms with van der Waals surface area (Å²) in [7, 11) is 0. The summed E-state index contributed by atoms with van der Waals surface area (Å²) in [5.74, 6) is 0.883. The van der Waals surface area contributed by atoms with Crippen LogP contribution >= 0.6 is 0 Å². The number of hydrogen-bond acceptors (Lipinski definition) is 4. The van der Waals surface area contributed by atoms with Crippen molar-refractivity contribution in [3.8, 4) is 0 Å². The molecule has 0 aliphatic carbocycles. The molecule has 36 heavy (non-hydrogen) atoms. The van der Waals surface area contributed by atoms with Crippen molar-refractivity contribution in [1.29, 1.82) is 0 Å². The molecular formula is C30H47N3O3. The second-order valence-corrected chi connectivity index (χ2v) is 12.4. The van der Waals surface area contributed by atoms with E-state index in [0.29, 0.717) is 17.7 Å². The maximum atomic E-state index is 14.2. The van der Waals surface area contributed by atoms with Gasteiger partial charge in [-0.3, -0.25) is 4.79 Å². The number of likely N-dealkylation sites (tertiary alicyclic amines) is 1. The smallest absolute Gasteiger partial charge is 0.335 e. The van der Waals surface area contributed by atoms with Gasteiger partial charge in [-0.2, -0.15) is 0 Å². The molecule has 2 aliphatic heterocycles. The van der Waals surface area contributed by atoms with E-state index in [1.807, 2.05) is 17.0 Å². The number of carbonyl (C=O) groups is 2. The normalized spacial score (nSPS) is 23.1. The highest BCUT2D eigenvalue weighted by Gasteiger charge is 2.49. The minimum absolute atomic E-state index is 0.0267. The Kier molecular flexibility index (Phi) is 8.89. The minimum atomic E-state index is -0.935. The standard InChI is InChI=1S/C30H47N3O3/c1-8-9-10-25(23-11-13-24(14-12-23)28(35)36)33-27(34)26(32-19-16-21(2)17-20-32)31-30(33,7)18-15-22(3)29(4,5)6/h11-14,21-22,25H,8-10,15-20H2,1-7H3,(H,35,36)/t22?,25-,30?/m1/s1. The van der Waals surface area contributed by atoms with Gasteiger partial charge < -0.3 is 14.9 Å². The fourth-order valence-corrected chi connectivity index (χ4v) is 5.35. The van der Waals surface area contributed by atoms with Crippen molar-refractivity contribution in [3.63, 3.8) is 0 Å². The Labute approximate surface area is 218 Å². The largest absolute Gasteiger partial charge is 0.478 e. The molecule has 2 heterocycles. The topological polar surface area (TPSA) is 73.2 Å². The van der Waals surface area contributed by atoms with E-state index in [-0.39, 0.29) is 22.9 Å². The summed E-state index contributed by atoms with van der Waals surface area (Å²) in [4.78, 5) is 35.1. The molecule has 200 valence electrons. The molecule has 6 heteroatoms. The summed E-state index contributed by atoms with van der Waals surface area (Å²) in [5.41, 5.74) is 0.814. The monoisotopic (exact) mass is 497 g/mol. The SMILES string of the molecule is CCCC[C@H](c1ccc(C(=O)O)cc1)N1C(=O)C(N2CCC(C)CC2)=NC1(C)CCC(C)C(C)(C)C. The molecule has 2 unspecified atom stereocenters. The van der Waals surface area contributed by atoms with E-state index in [1.54, 1.807) is 12.1 Å². The Balaban J connectivity index is 1.99. The first-order valence-corrected chi connectivity index (χ1v) is 13.9. The molecule has 0 spiro atoms. The van der Waals surface area contributed by atoms with Crippen molar-refractivity contribution in [2.75, 3.05) is 13.1 Å². The molecule has 3 atom stereocenters. The zero-order valence-electron chi connectivity index (χ0n) is 23.5. The van der Waals surface area contributed by atoms with Crippen molar-refractivity contribution >= 4 is 17.7 Å². The summed E-state index contributed by atoms with van der Waals surface area (Å²) in [5, 5.41) is 9.39. The molecule has 1 aromatic carbocycles. The highest BCUT2D eigenvalue weighted by Crippen LogP contribution is 2.42. The first-order valence-electron chi connectivity index (χ1n) is 13.9. The molecule has 6 nitrogen and oxygen atoms in total. The molecule has 1 amide bonds. The number of amidine groups is 1. The fraction of sp³-hybridized carbons (Fsp3) is 0.700. The molecule has 1 saturated heterocycles. The van der Waals surface area contributed by atoms with Gasteiger partial charge in [0.15, 0.2) is 5.84 Å². The number of piperidine rings is 1. The van der Waals surface area contributed by atoms with Gasteiger partial charge in [-0.15, -0.1) is 0 Å². The average Bonchev–Trinajstić information content (AvgIpc) is 3.09. The number of nitrogens with zero attached hydrogens (tertiary/aromatic N) is 3. The first kappa shape index (κ1) is 28.2. The fourth-order valence-electron chi connectivity index (χ4n) is 5.35. The van der Waals surface area contributed by atoms with Gasteiger partial charge in [0.1, 0.15) is 5.66 Å². The van der Waals surface area contributed by atoms with Crippen LogP contribution < -0.4 is 0 Å². The Morgan fingerprint density at radius 3 is 2.31 bits per heavy atom. The molecule has 1 N–H and O–H groups in total. The highest BCUT2D eigenvalue weighted by molar-refractivity contribution is 6.39. The van der Waals surface area contributed by atoms with Crippen LogP contribution in [-0.4, -0.2) is 51.4 Å². The highest BCUT2D eigenvalue weighted by atomic mass is 16.4. The third-order valence-corrected chi connectivity index (χ3v) is 8.57. The van der Waals surface area contributed by atoms with E-state index in [4.69, 9.17) is 4.99 Å². The van der Waals surface area contributed by atoms with E-state index in [1.165, 1.54) is 0 Å². The summed E-state index contributed by atoms with van der Waals surface area (Å²) < 4.78 is 0. The van der Waals surface area contributed by atoms with E-state index < -0.39 is 11.6 Å². The van der Waals surface area contributed by atoms with Crippen LogP contribution in [0.2, 0.25) is 0 Å². The molecule has 1 fully saturated rings. The van der Waals surface area contributed by atoms with Crippen LogP contribution in [0.4, 0.5) is 0 Å². The molecule has 3 rings (SSSR count). The predicted molar refractivity (Wildman–Crippen MR) is 146 cm³/mol. The summed E-state index contributed by atoms with van der Waals surface area (Å²) >= 11 is 0. The Bertz CT molecular complexity index is 941. The molecule has 2 aliphatic rings. The van der Waals surface area contributed by atoms with Crippen molar-refractivity contribution < 1.29 is 14.7 Å². The third-order valence-electron chi connectivity index (χ3n) is 8.57. The molecule has 0 aromatic heterocycles. The molecular weight excluding hydrogens is 450 g/mol. The van der Waals surface area contributed by atoms with Crippen LogP contribution in [-0.2, 0) is 4.79 Å². The predicted octanol–water partition coefficient (Wildman–Crippen LogP) is 6.77. The van der Waals surface area contributed by atoms with Crippen molar-refractivity contribution in [2.24, 2.45) is 22.2 Å². The van der Waals surface area contributed by atoms with Gasteiger partial charge in [0.2, 0.25) is 0 Å². The van der Waals surface area contributed by atoms with Gasteiger partial charge in [0.25, 0.3) is 5.91 Å². The molecule has 0 radical (unpaired) electrons. The number of carbonyl (C=O) groups excluding carboxylic acids is 1. The number of aliphatic imine (C=N–C) groups is 1. The number of rotatable bonds is 9. The second-order valence-electron chi connectivity index (χ2n) is 12.4. The van der Waals surface area contributed by atoms with Crippen molar-refractivity contribution in [3.05, 3.63) is 35.4 Å². The van der Waals surface area contributed by atoms with Gasteiger partial charge in [0.05, 0.1) is 11.6 Å². The van der Waals surface area contributed by atoms with Crippen LogP contribution in [0.15, 0.2) is 29.3 Å². The maximum Gasteiger partial charge on any atom is 0.335 e. The number of unbranched alkanes of at least 4 members (excludes halogenated alkanes) is 1. The lowest BCUT2D eigenvalue weighted by Gasteiger charge is -2.41. The first-order chi connectivity index (χ1) is 16.9. The number of amides is 1. The van der Waals surface area contributed by atoms with Crippen LogP contribution in [0.1, 0.15) is 115 Å². The summed E-state index contributed by atoms with van der Waals surface area (Å²) in [6.45, 7) is 17.4. The van der Waals surface area contributed by atoms with Crippen molar-refractivity contribution in [2.45, 2.75) is 105 Å². The van der Waals surface area contributed by atoms with Crippen molar-refractivity contribution in [1.82, 2.24) is 9.80 Å². The summed E-state index contributed by atoms with van der Waals surface area (Å²) in [6.07, 6.45) is 6.80. The molecule has 0 saturated carbocycles. The average molecular weight is 498 g/mol. The van der Waals surface area contributed by atoms with Gasteiger partial charge in [-0.25, -0.2) is 9.79 Å². The third kappa shape index (κ3) is 6.30. The van der Waals surface area contributed by atoms with E-state index in [0.717, 1.165) is 63.6 Å². The zero-order valence-corrected chi connectivity index (χ0v) is 23.5. The lowest BCUT2D eigenvalue weighted by molar-refractivity contribution is -0.132. The Morgan fingerprint density at radius 2 is 1.78 bits per heavy atom. The quantitative estimate of drug-likeness (QED) is 0.409. The molecule has 0 bridgehead atoms. The van der Waals surface area contributed by atoms with E-state index >= 15 is 0 Å². The Hall–Kier alpha value is -2.37. The van der Waals surface area contributed by atoms with Crippen LogP contribution in [0.25, 0.3) is 0 Å². The van der Waals surface area contributed by atoms with Crippen LogP contribution in [0, 0.1) is 17.3 Å². The minimum Gasteiger partial charge on any atom is -0.478 e. The number of benzene rings is 1. The Morgan fingerprint density at radius 1 is 1.17 bits per heavy atom. The zero-order chi connectivity index (χ0) is 26.7. The summed E-state index contributed by atoms with van der Waals surface area (Å²) in [6, 6.07) is 6.94. The maximum absolute atomic E-state index is 14.2. The number of carboxylic acid groups (broad SMARTS) is 1. The van der Waals surface area contributed by atoms with Crippen LogP contribution in [0.5, 0.6) is 0 Å².